The second-order valence-corrected chi connectivity index (χ2v) is 3.78. The summed E-state index contributed by atoms with van der Waals surface area (Å²) < 4.78 is 10.8. The maximum atomic E-state index is 11.0. The van der Waals surface area contributed by atoms with Crippen LogP contribution in [0.3, 0.4) is 0 Å². The Morgan fingerprint density at radius 1 is 1.41 bits per heavy atom. The van der Waals surface area contributed by atoms with Gasteiger partial charge in [0.05, 0.1) is 13.7 Å². The molecule has 17 heavy (non-hydrogen) atoms. The zero-order valence-corrected chi connectivity index (χ0v) is 10.7. The maximum absolute atomic E-state index is 11.0. The highest BCUT2D eigenvalue weighted by Crippen LogP contribution is 2.26. The number of hydrogen-bond acceptors (Lipinski definition) is 3. The van der Waals surface area contributed by atoms with Crippen LogP contribution in [0.2, 0.25) is 0 Å². The predicted octanol–water partition coefficient (Wildman–Crippen LogP) is 1.82. The summed E-state index contributed by atoms with van der Waals surface area (Å²) in [7, 11) is 1.59. The Labute approximate surface area is 106 Å². The third-order valence-electron chi connectivity index (χ3n) is 2.11. The molecule has 0 aliphatic carbocycles. The lowest BCUT2D eigenvalue weighted by Gasteiger charge is -2.17. The van der Waals surface area contributed by atoms with Crippen LogP contribution < -0.4 is 14.8 Å². The van der Waals surface area contributed by atoms with Crippen molar-refractivity contribution in [1.29, 1.82) is 0 Å². The number of carbonyl (C=O) groups excluding carboxylic acids is 1. The van der Waals surface area contributed by atoms with E-state index in [1.165, 1.54) is 0 Å². The van der Waals surface area contributed by atoms with E-state index < -0.39 is 0 Å². The Hall–Kier alpha value is -1.42. The Kier molecular flexibility index (Phi) is 5.63. The number of ether oxygens (including phenoxy) is 2. The number of hydrogen-bond donors (Lipinski definition) is 1. The van der Waals surface area contributed by atoms with Gasteiger partial charge in [0.25, 0.3) is 0 Å². The molecule has 0 saturated carbocycles. The standard InChI is InChI=1S/C12H16ClNO3/c1-9(8-14-12(15)7-13)17-11-6-4-3-5-10(11)16-2/h3-6,9H,7-8H2,1-2H3,(H,14,15). The molecule has 0 aliphatic heterocycles. The highest BCUT2D eigenvalue weighted by molar-refractivity contribution is 6.27. The van der Waals surface area contributed by atoms with E-state index in [0.717, 1.165) is 0 Å². The Balaban J connectivity index is 2.50. The number of para-hydroxylation sites is 2. The van der Waals surface area contributed by atoms with Gasteiger partial charge in [0, 0.05) is 0 Å². The van der Waals surface area contributed by atoms with E-state index in [2.05, 4.69) is 5.32 Å². The summed E-state index contributed by atoms with van der Waals surface area (Å²) in [5, 5.41) is 2.65. The average molecular weight is 258 g/mol. The van der Waals surface area contributed by atoms with E-state index in [1.54, 1.807) is 7.11 Å². The maximum Gasteiger partial charge on any atom is 0.235 e. The van der Waals surface area contributed by atoms with Crippen LogP contribution in [0.1, 0.15) is 6.92 Å². The minimum atomic E-state index is -0.206. The fraction of sp³-hybridized carbons (Fsp3) is 0.417. The fourth-order valence-electron chi connectivity index (χ4n) is 1.28. The van der Waals surface area contributed by atoms with Gasteiger partial charge in [-0.2, -0.15) is 0 Å². The van der Waals surface area contributed by atoms with Crippen molar-refractivity contribution in [3.63, 3.8) is 0 Å². The summed E-state index contributed by atoms with van der Waals surface area (Å²) in [6.45, 7) is 2.27. The van der Waals surface area contributed by atoms with Crippen molar-refractivity contribution in [2.75, 3.05) is 19.5 Å². The molecule has 1 amide bonds. The second kappa shape index (κ2) is 7.01. The van der Waals surface area contributed by atoms with Crippen LogP contribution in [-0.2, 0) is 4.79 Å². The van der Waals surface area contributed by atoms with Gasteiger partial charge in [0.15, 0.2) is 11.5 Å². The van der Waals surface area contributed by atoms with Gasteiger partial charge < -0.3 is 14.8 Å². The van der Waals surface area contributed by atoms with E-state index >= 15 is 0 Å². The van der Waals surface area contributed by atoms with E-state index in [1.807, 2.05) is 31.2 Å². The fourth-order valence-corrected chi connectivity index (χ4v) is 1.37. The largest absolute Gasteiger partial charge is 0.493 e. The molecule has 0 fully saturated rings. The van der Waals surface area contributed by atoms with Gasteiger partial charge in [-0.3, -0.25) is 4.79 Å². The summed E-state index contributed by atoms with van der Waals surface area (Å²) in [5.41, 5.74) is 0. The lowest BCUT2D eigenvalue weighted by atomic mass is 10.3. The average Bonchev–Trinajstić information content (AvgIpc) is 2.36. The van der Waals surface area contributed by atoms with Crippen LogP contribution in [0, 0.1) is 0 Å². The molecule has 1 aromatic rings. The van der Waals surface area contributed by atoms with Crippen LogP contribution >= 0.6 is 11.6 Å². The highest BCUT2D eigenvalue weighted by atomic mass is 35.5. The summed E-state index contributed by atoms with van der Waals surface area (Å²) in [6.07, 6.45) is -0.154. The molecule has 0 aromatic heterocycles. The third-order valence-corrected chi connectivity index (χ3v) is 2.35. The van der Waals surface area contributed by atoms with Gasteiger partial charge in [-0.25, -0.2) is 0 Å². The zero-order chi connectivity index (χ0) is 12.7. The van der Waals surface area contributed by atoms with Gasteiger partial charge in [-0.15, -0.1) is 11.6 Å². The minimum Gasteiger partial charge on any atom is -0.493 e. The monoisotopic (exact) mass is 257 g/mol. The molecule has 1 atom stereocenters. The molecule has 0 heterocycles. The SMILES string of the molecule is COc1ccccc1OC(C)CNC(=O)CCl. The van der Waals surface area contributed by atoms with Gasteiger partial charge in [0.1, 0.15) is 12.0 Å². The van der Waals surface area contributed by atoms with Crippen molar-refractivity contribution >= 4 is 17.5 Å². The van der Waals surface area contributed by atoms with Gasteiger partial charge in [-0.1, -0.05) is 12.1 Å². The van der Waals surface area contributed by atoms with Crippen molar-refractivity contribution in [2.45, 2.75) is 13.0 Å². The van der Waals surface area contributed by atoms with Crippen molar-refractivity contribution in [3.05, 3.63) is 24.3 Å². The van der Waals surface area contributed by atoms with Crippen LogP contribution in [0.5, 0.6) is 11.5 Å². The van der Waals surface area contributed by atoms with Crippen LogP contribution in [0.25, 0.3) is 0 Å². The number of halogens is 1. The molecule has 0 radical (unpaired) electrons. The number of methoxy groups -OCH3 is 1. The molecule has 4 nitrogen and oxygen atoms in total. The number of alkyl halides is 1. The number of benzene rings is 1. The first-order valence-electron chi connectivity index (χ1n) is 5.29. The predicted molar refractivity (Wildman–Crippen MR) is 66.8 cm³/mol. The number of nitrogens with one attached hydrogen (secondary N) is 1. The van der Waals surface area contributed by atoms with Gasteiger partial charge in [0.2, 0.25) is 5.91 Å². The molecule has 1 aromatic carbocycles. The van der Waals surface area contributed by atoms with E-state index in [0.29, 0.717) is 18.0 Å². The molecule has 1 N–H and O–H groups in total. The number of carbonyl (C=O) groups is 1. The summed E-state index contributed by atoms with van der Waals surface area (Å²) in [5.74, 6) is 1.08. The first kappa shape index (κ1) is 13.6. The quantitative estimate of drug-likeness (QED) is 0.791. The molecule has 94 valence electrons. The summed E-state index contributed by atoms with van der Waals surface area (Å²) >= 11 is 5.37. The van der Waals surface area contributed by atoms with Crippen LogP contribution in [0.4, 0.5) is 0 Å². The lowest BCUT2D eigenvalue weighted by molar-refractivity contribution is -0.119. The minimum absolute atomic E-state index is 0.0403. The normalized spacial score (nSPS) is 11.7. The molecule has 1 rings (SSSR count). The molecular weight excluding hydrogens is 242 g/mol. The Morgan fingerprint density at radius 2 is 2.06 bits per heavy atom. The second-order valence-electron chi connectivity index (χ2n) is 3.52. The summed E-state index contributed by atoms with van der Waals surface area (Å²) in [4.78, 5) is 11.0. The molecule has 0 saturated heterocycles. The van der Waals surface area contributed by atoms with Crippen molar-refractivity contribution in [3.8, 4) is 11.5 Å². The van der Waals surface area contributed by atoms with Crippen molar-refractivity contribution < 1.29 is 14.3 Å². The highest BCUT2D eigenvalue weighted by Gasteiger charge is 2.09. The third kappa shape index (κ3) is 4.53. The van der Waals surface area contributed by atoms with E-state index in [4.69, 9.17) is 21.1 Å². The molecule has 0 bridgehead atoms. The smallest absolute Gasteiger partial charge is 0.235 e. The zero-order valence-electron chi connectivity index (χ0n) is 9.90. The topological polar surface area (TPSA) is 47.6 Å². The first-order chi connectivity index (χ1) is 8.17. The Morgan fingerprint density at radius 3 is 2.65 bits per heavy atom. The molecule has 0 spiro atoms. The molecule has 5 heteroatoms. The van der Waals surface area contributed by atoms with Gasteiger partial charge >= 0.3 is 0 Å². The van der Waals surface area contributed by atoms with Crippen molar-refractivity contribution in [1.82, 2.24) is 5.32 Å². The molecular formula is C12H16ClNO3. The summed E-state index contributed by atoms with van der Waals surface area (Å²) in [6, 6.07) is 7.37. The molecule has 0 aliphatic rings. The number of rotatable bonds is 6. The van der Waals surface area contributed by atoms with Crippen LogP contribution in [0.15, 0.2) is 24.3 Å². The van der Waals surface area contributed by atoms with Gasteiger partial charge in [-0.05, 0) is 19.1 Å². The van der Waals surface area contributed by atoms with E-state index in [-0.39, 0.29) is 17.9 Å². The Bertz CT molecular complexity index is 371. The van der Waals surface area contributed by atoms with Crippen molar-refractivity contribution in [2.24, 2.45) is 0 Å². The lowest BCUT2D eigenvalue weighted by Crippen LogP contribution is -2.34. The van der Waals surface area contributed by atoms with Crippen LogP contribution in [-0.4, -0.2) is 31.5 Å². The van der Waals surface area contributed by atoms with E-state index in [9.17, 15) is 4.79 Å². The molecule has 1 unspecified atom stereocenters. The number of amides is 1. The first-order valence-corrected chi connectivity index (χ1v) is 5.83.